The molecule has 98 valence electrons. The van der Waals surface area contributed by atoms with E-state index in [1.165, 1.54) is 0 Å². The molecule has 0 fully saturated rings. The van der Waals surface area contributed by atoms with Crippen LogP contribution in [0.4, 0.5) is 5.69 Å². The van der Waals surface area contributed by atoms with E-state index in [1.807, 2.05) is 13.0 Å². The number of nitrogens with zero attached hydrogens (tertiary/aromatic N) is 3. The number of nitriles is 2. The van der Waals surface area contributed by atoms with E-state index in [2.05, 4.69) is 10.5 Å². The smallest absolute Gasteiger partial charge is 0.237 e. The van der Waals surface area contributed by atoms with Crippen molar-refractivity contribution in [1.29, 1.82) is 10.5 Å². The molecule has 1 rings (SSSR count). The highest BCUT2D eigenvalue weighted by Gasteiger charge is 2.07. The normalized spacial score (nSPS) is 10.7. The fraction of sp³-hybridized carbons (Fsp3) is 0.308. The summed E-state index contributed by atoms with van der Waals surface area (Å²) in [4.78, 5) is 0. The first-order valence-electron chi connectivity index (χ1n) is 5.59. The van der Waals surface area contributed by atoms with Crippen LogP contribution in [0.2, 0.25) is 0 Å². The lowest BCUT2D eigenvalue weighted by molar-refractivity contribution is 0.0925. The molecule has 6 nitrogen and oxygen atoms in total. The van der Waals surface area contributed by atoms with Gasteiger partial charge in [0, 0.05) is 7.11 Å². The Bertz CT molecular complexity index is 512. The number of hydrazone groups is 1. The third kappa shape index (κ3) is 4.66. The van der Waals surface area contributed by atoms with Gasteiger partial charge in [0.1, 0.15) is 24.0 Å². The molecule has 0 saturated carbocycles. The summed E-state index contributed by atoms with van der Waals surface area (Å²) < 4.78 is 10.7. The van der Waals surface area contributed by atoms with Crippen LogP contribution in [0.5, 0.6) is 5.75 Å². The summed E-state index contributed by atoms with van der Waals surface area (Å²) in [6.45, 7) is 2.33. The Morgan fingerprint density at radius 2 is 2.05 bits per heavy atom. The van der Waals surface area contributed by atoms with Crippen LogP contribution in [-0.4, -0.2) is 25.5 Å². The number of benzene rings is 1. The Kier molecular flexibility index (Phi) is 5.87. The Morgan fingerprint density at radius 3 is 2.68 bits per heavy atom. The zero-order valence-corrected chi connectivity index (χ0v) is 10.8. The van der Waals surface area contributed by atoms with Crippen molar-refractivity contribution in [3.8, 4) is 17.9 Å². The van der Waals surface area contributed by atoms with E-state index in [4.69, 9.17) is 20.0 Å². The van der Waals surface area contributed by atoms with E-state index >= 15 is 0 Å². The van der Waals surface area contributed by atoms with Crippen LogP contribution in [0.1, 0.15) is 6.92 Å². The van der Waals surface area contributed by atoms with Crippen molar-refractivity contribution in [2.45, 2.75) is 13.0 Å². The SMILES string of the molecule is COCC(C)Oc1ccccc1NN=C(C#N)C#N. The fourth-order valence-electron chi connectivity index (χ4n) is 1.34. The minimum Gasteiger partial charge on any atom is -0.486 e. The molecule has 6 heteroatoms. The highest BCUT2D eigenvalue weighted by molar-refractivity contribution is 6.10. The van der Waals surface area contributed by atoms with Gasteiger partial charge in [-0.1, -0.05) is 12.1 Å². The largest absolute Gasteiger partial charge is 0.486 e. The lowest BCUT2D eigenvalue weighted by Crippen LogP contribution is -2.18. The maximum Gasteiger partial charge on any atom is 0.237 e. The van der Waals surface area contributed by atoms with Crippen LogP contribution in [-0.2, 0) is 4.74 Å². The van der Waals surface area contributed by atoms with Gasteiger partial charge in [0.25, 0.3) is 0 Å². The maximum absolute atomic E-state index is 8.60. The molecular weight excluding hydrogens is 244 g/mol. The van der Waals surface area contributed by atoms with Gasteiger partial charge in [-0.15, -0.1) is 0 Å². The second-order valence-electron chi connectivity index (χ2n) is 3.68. The number of ether oxygens (including phenoxy) is 2. The first-order chi connectivity index (χ1) is 9.21. The molecule has 0 saturated heterocycles. The van der Waals surface area contributed by atoms with Crippen molar-refractivity contribution in [2.75, 3.05) is 19.1 Å². The summed E-state index contributed by atoms with van der Waals surface area (Å²) in [5.74, 6) is 0.575. The quantitative estimate of drug-likeness (QED) is 0.621. The van der Waals surface area contributed by atoms with Gasteiger partial charge in [-0.25, -0.2) is 0 Å². The molecule has 0 aliphatic heterocycles. The Labute approximate surface area is 111 Å². The molecule has 1 unspecified atom stereocenters. The van der Waals surface area contributed by atoms with Crippen molar-refractivity contribution < 1.29 is 9.47 Å². The van der Waals surface area contributed by atoms with E-state index in [1.54, 1.807) is 37.4 Å². The van der Waals surface area contributed by atoms with Crippen molar-refractivity contribution in [3.63, 3.8) is 0 Å². The Morgan fingerprint density at radius 1 is 1.37 bits per heavy atom. The lowest BCUT2D eigenvalue weighted by atomic mass is 10.3. The Balaban J connectivity index is 2.82. The number of nitrogens with one attached hydrogen (secondary N) is 1. The predicted octanol–water partition coefficient (Wildman–Crippen LogP) is 1.92. The van der Waals surface area contributed by atoms with Gasteiger partial charge in [-0.05, 0) is 19.1 Å². The van der Waals surface area contributed by atoms with Crippen LogP contribution < -0.4 is 10.2 Å². The van der Waals surface area contributed by atoms with E-state index in [0.717, 1.165) is 0 Å². The van der Waals surface area contributed by atoms with Crippen molar-refractivity contribution >= 4 is 11.4 Å². The molecule has 1 atom stereocenters. The van der Waals surface area contributed by atoms with Crippen LogP contribution >= 0.6 is 0 Å². The summed E-state index contributed by atoms with van der Waals surface area (Å²) in [6, 6.07) is 10.5. The van der Waals surface area contributed by atoms with Crippen LogP contribution in [0.3, 0.4) is 0 Å². The summed E-state index contributed by atoms with van der Waals surface area (Å²) in [5, 5.41) is 20.9. The van der Waals surface area contributed by atoms with Gasteiger partial charge in [0.05, 0.1) is 12.3 Å². The number of anilines is 1. The summed E-state index contributed by atoms with van der Waals surface area (Å²) in [7, 11) is 1.60. The number of hydrogen-bond donors (Lipinski definition) is 1. The molecule has 0 radical (unpaired) electrons. The average molecular weight is 258 g/mol. The van der Waals surface area contributed by atoms with Crippen molar-refractivity contribution in [3.05, 3.63) is 24.3 Å². The van der Waals surface area contributed by atoms with Gasteiger partial charge in [0.2, 0.25) is 5.71 Å². The molecule has 1 N–H and O–H groups in total. The molecular formula is C13H14N4O2. The molecule has 0 aliphatic carbocycles. The second-order valence-corrected chi connectivity index (χ2v) is 3.68. The van der Waals surface area contributed by atoms with E-state index in [0.29, 0.717) is 18.0 Å². The molecule has 0 aromatic heterocycles. The second kappa shape index (κ2) is 7.70. The topological polar surface area (TPSA) is 90.4 Å². The Hall–Kier alpha value is -2.57. The van der Waals surface area contributed by atoms with Gasteiger partial charge in [-0.3, -0.25) is 5.43 Å². The standard InChI is InChI=1S/C13H14N4O2/c1-10(9-18-2)19-13-6-4-3-5-12(13)17-16-11(7-14)8-15/h3-6,10,17H,9H2,1-2H3. The summed E-state index contributed by atoms with van der Waals surface area (Å²) in [6.07, 6.45) is -0.122. The molecule has 0 spiro atoms. The summed E-state index contributed by atoms with van der Waals surface area (Å²) in [5.41, 5.74) is 2.97. The summed E-state index contributed by atoms with van der Waals surface area (Å²) >= 11 is 0. The first kappa shape index (κ1) is 14.5. The number of hydrogen-bond acceptors (Lipinski definition) is 6. The van der Waals surface area contributed by atoms with E-state index in [9.17, 15) is 0 Å². The fourth-order valence-corrected chi connectivity index (χ4v) is 1.34. The molecule has 1 aromatic rings. The van der Waals surface area contributed by atoms with Gasteiger partial charge in [0.15, 0.2) is 0 Å². The van der Waals surface area contributed by atoms with Crippen LogP contribution in [0.15, 0.2) is 29.4 Å². The number of methoxy groups -OCH3 is 1. The lowest BCUT2D eigenvalue weighted by Gasteiger charge is -2.16. The molecule has 1 aromatic carbocycles. The van der Waals surface area contributed by atoms with Crippen LogP contribution in [0.25, 0.3) is 0 Å². The maximum atomic E-state index is 8.60. The highest BCUT2D eigenvalue weighted by Crippen LogP contribution is 2.24. The van der Waals surface area contributed by atoms with E-state index < -0.39 is 0 Å². The third-order valence-electron chi connectivity index (χ3n) is 2.12. The van der Waals surface area contributed by atoms with Gasteiger partial charge in [-0.2, -0.15) is 15.6 Å². The zero-order chi connectivity index (χ0) is 14.1. The van der Waals surface area contributed by atoms with E-state index in [-0.39, 0.29) is 11.8 Å². The molecule has 0 amide bonds. The van der Waals surface area contributed by atoms with Gasteiger partial charge >= 0.3 is 0 Å². The molecule has 19 heavy (non-hydrogen) atoms. The minimum absolute atomic E-state index is 0.122. The van der Waals surface area contributed by atoms with Crippen molar-refractivity contribution in [1.82, 2.24) is 0 Å². The molecule has 0 aliphatic rings. The zero-order valence-electron chi connectivity index (χ0n) is 10.8. The number of rotatable bonds is 6. The number of para-hydroxylation sites is 2. The molecule has 0 bridgehead atoms. The van der Waals surface area contributed by atoms with Crippen LogP contribution in [0, 0.1) is 22.7 Å². The third-order valence-corrected chi connectivity index (χ3v) is 2.12. The molecule has 0 heterocycles. The predicted molar refractivity (Wildman–Crippen MR) is 70.7 cm³/mol. The van der Waals surface area contributed by atoms with Gasteiger partial charge < -0.3 is 9.47 Å². The minimum atomic E-state index is -0.250. The highest BCUT2D eigenvalue weighted by atomic mass is 16.5. The first-order valence-corrected chi connectivity index (χ1v) is 5.59. The monoisotopic (exact) mass is 258 g/mol. The van der Waals surface area contributed by atoms with Crippen molar-refractivity contribution in [2.24, 2.45) is 5.10 Å². The average Bonchev–Trinajstić information content (AvgIpc) is 2.42.